The number of benzene rings is 1. The Morgan fingerprint density at radius 1 is 1.29 bits per heavy atom. The first-order valence-corrected chi connectivity index (χ1v) is 9.39. The van der Waals surface area contributed by atoms with Gasteiger partial charge in [0.2, 0.25) is 0 Å². The fourth-order valence-electron chi connectivity index (χ4n) is 3.16. The van der Waals surface area contributed by atoms with Crippen LogP contribution >= 0.6 is 0 Å². The van der Waals surface area contributed by atoms with Gasteiger partial charge in [0.15, 0.2) is 0 Å². The molecule has 2 heterocycles. The third-order valence-electron chi connectivity index (χ3n) is 4.52. The number of aromatic nitrogens is 2. The number of carbonyl (C=O) groups is 1. The molecule has 0 saturated carbocycles. The van der Waals surface area contributed by atoms with E-state index in [1.54, 1.807) is 11.0 Å². The molecule has 28 heavy (non-hydrogen) atoms. The van der Waals surface area contributed by atoms with Crippen molar-refractivity contribution in [3.63, 3.8) is 0 Å². The van der Waals surface area contributed by atoms with Gasteiger partial charge in [-0.05, 0) is 38.8 Å². The van der Waals surface area contributed by atoms with Gasteiger partial charge in [-0.15, -0.1) is 0 Å². The van der Waals surface area contributed by atoms with Crippen molar-refractivity contribution in [1.29, 1.82) is 5.26 Å². The zero-order chi connectivity index (χ0) is 19.9. The Morgan fingerprint density at radius 3 is 2.71 bits per heavy atom. The van der Waals surface area contributed by atoms with E-state index in [4.69, 9.17) is 4.74 Å². The maximum Gasteiger partial charge on any atom is 0.409 e. The van der Waals surface area contributed by atoms with Gasteiger partial charge in [-0.3, -0.25) is 0 Å². The van der Waals surface area contributed by atoms with Crippen LogP contribution in [0.25, 0.3) is 0 Å². The largest absolute Gasteiger partial charge is 0.450 e. The number of likely N-dealkylation sites (tertiary alicyclic amines) is 1. The van der Waals surface area contributed by atoms with Gasteiger partial charge in [-0.1, -0.05) is 12.1 Å². The Kier molecular flexibility index (Phi) is 6.27. The van der Waals surface area contributed by atoms with E-state index in [9.17, 15) is 10.1 Å². The maximum atomic E-state index is 11.8. The summed E-state index contributed by atoms with van der Waals surface area (Å²) in [5.74, 6) is 1.98. The Morgan fingerprint density at radius 2 is 2.00 bits per heavy atom. The SMILES string of the molecule is CCOC(=O)N1CCC(Nc2cc(Nc3ccccc3C#N)nc(C)n2)CC1. The average Bonchev–Trinajstić information content (AvgIpc) is 2.69. The van der Waals surface area contributed by atoms with Gasteiger partial charge in [0.25, 0.3) is 0 Å². The molecule has 0 radical (unpaired) electrons. The van der Waals surface area contributed by atoms with Crippen LogP contribution in [-0.4, -0.2) is 46.7 Å². The molecule has 0 unspecified atom stereocenters. The van der Waals surface area contributed by atoms with Gasteiger partial charge in [0.1, 0.15) is 23.5 Å². The number of ether oxygens (including phenoxy) is 1. The summed E-state index contributed by atoms with van der Waals surface area (Å²) < 4.78 is 5.06. The molecule has 0 aliphatic carbocycles. The Hall–Kier alpha value is -3.34. The molecule has 1 aliphatic heterocycles. The first-order valence-electron chi connectivity index (χ1n) is 9.39. The van der Waals surface area contributed by atoms with Crippen molar-refractivity contribution in [3.05, 3.63) is 41.7 Å². The lowest BCUT2D eigenvalue weighted by atomic mass is 10.1. The van der Waals surface area contributed by atoms with Crippen LogP contribution < -0.4 is 10.6 Å². The van der Waals surface area contributed by atoms with Gasteiger partial charge in [-0.25, -0.2) is 14.8 Å². The molecule has 8 nitrogen and oxygen atoms in total. The summed E-state index contributed by atoms with van der Waals surface area (Å²) in [4.78, 5) is 22.4. The molecule has 1 fully saturated rings. The quantitative estimate of drug-likeness (QED) is 0.819. The van der Waals surface area contributed by atoms with Crippen molar-refractivity contribution in [3.8, 4) is 6.07 Å². The van der Waals surface area contributed by atoms with Crippen molar-refractivity contribution in [2.45, 2.75) is 32.7 Å². The number of para-hydroxylation sites is 1. The second kappa shape index (κ2) is 9.04. The van der Waals surface area contributed by atoms with Crippen molar-refractivity contribution in [1.82, 2.24) is 14.9 Å². The van der Waals surface area contributed by atoms with E-state index in [0.717, 1.165) is 18.7 Å². The number of aryl methyl sites for hydroxylation is 1. The van der Waals surface area contributed by atoms with Crippen molar-refractivity contribution in [2.75, 3.05) is 30.3 Å². The minimum absolute atomic E-state index is 0.222. The number of amides is 1. The van der Waals surface area contributed by atoms with Gasteiger partial charge in [0.05, 0.1) is 17.9 Å². The molecule has 0 atom stereocenters. The number of nitrogens with zero attached hydrogens (tertiary/aromatic N) is 4. The molecule has 0 bridgehead atoms. The number of hydrogen-bond acceptors (Lipinski definition) is 7. The third-order valence-corrected chi connectivity index (χ3v) is 4.52. The standard InChI is InChI=1S/C20H24N6O2/c1-3-28-20(27)26-10-8-16(9-11-26)24-18-12-19(23-14(2)22-18)25-17-7-5-4-6-15(17)13-21/h4-7,12,16H,3,8-11H2,1-2H3,(H2,22,23,24,25). The van der Waals surface area contributed by atoms with Gasteiger partial charge in [0, 0.05) is 25.2 Å². The zero-order valence-corrected chi connectivity index (χ0v) is 16.1. The van der Waals surface area contributed by atoms with Crippen molar-refractivity contribution < 1.29 is 9.53 Å². The number of nitriles is 1. The minimum atomic E-state index is -0.249. The van der Waals surface area contributed by atoms with Crippen LogP contribution in [0.4, 0.5) is 22.1 Å². The van der Waals surface area contributed by atoms with Crippen LogP contribution in [0.5, 0.6) is 0 Å². The predicted octanol–water partition coefficient (Wildman–Crippen LogP) is 3.43. The van der Waals surface area contributed by atoms with Crippen LogP contribution in [0.1, 0.15) is 31.2 Å². The monoisotopic (exact) mass is 380 g/mol. The lowest BCUT2D eigenvalue weighted by molar-refractivity contribution is 0.0983. The molecule has 8 heteroatoms. The van der Waals surface area contributed by atoms with E-state index in [2.05, 4.69) is 26.7 Å². The number of rotatable bonds is 5. The number of piperidine rings is 1. The molecule has 146 valence electrons. The average molecular weight is 380 g/mol. The summed E-state index contributed by atoms with van der Waals surface area (Å²) in [5.41, 5.74) is 1.26. The van der Waals surface area contributed by atoms with E-state index >= 15 is 0 Å². The third kappa shape index (κ3) is 4.88. The number of anilines is 3. The zero-order valence-electron chi connectivity index (χ0n) is 16.1. The highest BCUT2D eigenvalue weighted by Crippen LogP contribution is 2.22. The molecule has 1 amide bonds. The van der Waals surface area contributed by atoms with Crippen LogP contribution in [0.2, 0.25) is 0 Å². The van der Waals surface area contributed by atoms with Crippen molar-refractivity contribution in [2.24, 2.45) is 0 Å². The topological polar surface area (TPSA) is 103 Å². The van der Waals surface area contributed by atoms with Gasteiger partial charge < -0.3 is 20.3 Å². The van der Waals surface area contributed by atoms with Crippen molar-refractivity contribution >= 4 is 23.4 Å². The highest BCUT2D eigenvalue weighted by atomic mass is 16.6. The Balaban J connectivity index is 1.64. The second-order valence-electron chi connectivity index (χ2n) is 6.57. The van der Waals surface area contributed by atoms with Gasteiger partial charge in [-0.2, -0.15) is 5.26 Å². The maximum absolute atomic E-state index is 11.8. The van der Waals surface area contributed by atoms with Crippen LogP contribution in [0.3, 0.4) is 0 Å². The van der Waals surface area contributed by atoms with E-state index in [0.29, 0.717) is 42.6 Å². The normalized spacial score (nSPS) is 14.2. The summed E-state index contributed by atoms with van der Waals surface area (Å²) in [5, 5.41) is 15.9. The first-order chi connectivity index (χ1) is 13.6. The molecule has 2 aromatic rings. The fraction of sp³-hybridized carbons (Fsp3) is 0.400. The lowest BCUT2D eigenvalue weighted by Crippen LogP contribution is -2.42. The second-order valence-corrected chi connectivity index (χ2v) is 6.57. The Labute approximate surface area is 164 Å². The van der Waals surface area contributed by atoms with E-state index < -0.39 is 0 Å². The highest BCUT2D eigenvalue weighted by molar-refractivity contribution is 5.68. The molecule has 1 aliphatic rings. The summed E-state index contributed by atoms with van der Waals surface area (Å²) in [6.07, 6.45) is 1.39. The van der Waals surface area contributed by atoms with E-state index in [-0.39, 0.29) is 12.1 Å². The molecule has 3 rings (SSSR count). The number of nitrogens with one attached hydrogen (secondary N) is 2. The summed E-state index contributed by atoms with van der Waals surface area (Å²) >= 11 is 0. The highest BCUT2D eigenvalue weighted by Gasteiger charge is 2.23. The molecule has 2 N–H and O–H groups in total. The molecule has 1 saturated heterocycles. The smallest absolute Gasteiger partial charge is 0.409 e. The molecule has 0 spiro atoms. The fourth-order valence-corrected chi connectivity index (χ4v) is 3.16. The summed E-state index contributed by atoms with van der Waals surface area (Å²) in [7, 11) is 0. The molecular weight excluding hydrogens is 356 g/mol. The molecular formula is C20H24N6O2. The van der Waals surface area contributed by atoms with Crippen LogP contribution in [0, 0.1) is 18.3 Å². The van der Waals surface area contributed by atoms with E-state index in [1.165, 1.54) is 0 Å². The lowest BCUT2D eigenvalue weighted by Gasteiger charge is -2.31. The minimum Gasteiger partial charge on any atom is -0.450 e. The summed E-state index contributed by atoms with van der Waals surface area (Å²) in [6, 6.07) is 11.5. The predicted molar refractivity (Wildman–Crippen MR) is 106 cm³/mol. The van der Waals surface area contributed by atoms with Crippen LogP contribution in [-0.2, 0) is 4.74 Å². The van der Waals surface area contributed by atoms with E-state index in [1.807, 2.05) is 38.1 Å². The molecule has 1 aromatic heterocycles. The van der Waals surface area contributed by atoms with Gasteiger partial charge >= 0.3 is 6.09 Å². The Bertz CT molecular complexity index is 871. The number of hydrogen-bond donors (Lipinski definition) is 2. The summed E-state index contributed by atoms with van der Waals surface area (Å²) in [6.45, 7) is 5.34. The van der Waals surface area contributed by atoms with Crippen LogP contribution in [0.15, 0.2) is 30.3 Å². The first kappa shape index (κ1) is 19.4. The molecule has 1 aromatic carbocycles. The number of carbonyl (C=O) groups excluding carboxylic acids is 1.